The summed E-state index contributed by atoms with van der Waals surface area (Å²) in [5, 5.41) is 0. The molecular weight excluding hydrogens is 663 g/mol. The van der Waals surface area contributed by atoms with Crippen LogP contribution in [0.15, 0.2) is 77.3 Å². The quantitative estimate of drug-likeness (QED) is 0.152. The van der Waals surface area contributed by atoms with Gasteiger partial charge < -0.3 is 0 Å². The molecule has 0 atom stereocenters. The Morgan fingerprint density at radius 2 is 0.875 bits per heavy atom. The van der Waals surface area contributed by atoms with Gasteiger partial charge in [-0.1, -0.05) is 106 Å². The summed E-state index contributed by atoms with van der Waals surface area (Å²) < 4.78 is 2.53. The Kier molecular flexibility index (Phi) is 7.80. The average molecular weight is 704 g/mol. The smallest absolute Gasteiger partial charge is 0.0215 e. The molecule has 2 aliphatic rings. The molecule has 0 amide bonds. The maximum atomic E-state index is 3.80. The van der Waals surface area contributed by atoms with Crippen LogP contribution >= 0.6 is 38.5 Å². The number of benzene rings is 4. The predicted molar refractivity (Wildman–Crippen MR) is 184 cm³/mol. The van der Waals surface area contributed by atoms with E-state index in [1.165, 1.54) is 104 Å². The Labute approximate surface area is 263 Å². The van der Waals surface area contributed by atoms with Crippen molar-refractivity contribution in [2.24, 2.45) is 0 Å². The molecule has 0 heterocycles. The summed E-state index contributed by atoms with van der Waals surface area (Å²) >= 11 is 6.29. The van der Waals surface area contributed by atoms with Gasteiger partial charge in [-0.25, -0.2) is 0 Å². The molecule has 2 aliphatic carbocycles. The Morgan fingerprint density at radius 3 is 1.32 bits per heavy atom. The zero-order chi connectivity index (χ0) is 28.1. The van der Waals surface area contributed by atoms with Crippen molar-refractivity contribution in [1.29, 1.82) is 0 Å². The van der Waals surface area contributed by atoms with E-state index in [9.17, 15) is 0 Å². The lowest BCUT2D eigenvalue weighted by Gasteiger charge is -2.33. The van der Waals surface area contributed by atoms with Crippen LogP contribution < -0.4 is 0 Å². The van der Waals surface area contributed by atoms with E-state index < -0.39 is 0 Å². The summed E-state index contributed by atoms with van der Waals surface area (Å²) in [7, 11) is 0. The minimum absolute atomic E-state index is 0.0891. The highest BCUT2D eigenvalue weighted by Gasteiger charge is 2.43. The molecule has 0 radical (unpaired) electrons. The van der Waals surface area contributed by atoms with Gasteiger partial charge in [0.2, 0.25) is 0 Å². The molecule has 0 spiro atoms. The fourth-order valence-electron chi connectivity index (χ4n) is 8.33. The van der Waals surface area contributed by atoms with E-state index in [-0.39, 0.29) is 10.8 Å². The SMILES string of the molecule is CCCC1(CCC)c2cc(Br)ccc2-c2ccc(-c3ccc4c(c3)C(CCC)(CCC)c3cc(I)ccc3-4)cc21. The van der Waals surface area contributed by atoms with Crippen molar-refractivity contribution in [3.63, 3.8) is 0 Å². The second-order valence-corrected chi connectivity index (χ2v) is 14.2. The van der Waals surface area contributed by atoms with Crippen LogP contribution in [-0.4, -0.2) is 0 Å². The van der Waals surface area contributed by atoms with Gasteiger partial charge in [0.05, 0.1) is 0 Å². The molecule has 0 aromatic heterocycles. The maximum absolute atomic E-state index is 3.80. The molecule has 206 valence electrons. The second-order valence-electron chi connectivity index (χ2n) is 12.1. The molecule has 0 nitrogen and oxygen atoms in total. The molecule has 0 saturated carbocycles. The van der Waals surface area contributed by atoms with Crippen LogP contribution in [0.1, 0.15) is 101 Å². The molecular formula is C38H40BrI. The Hall–Kier alpha value is -1.91. The highest BCUT2D eigenvalue weighted by molar-refractivity contribution is 14.1. The molecule has 4 aromatic rings. The minimum atomic E-state index is 0.0891. The van der Waals surface area contributed by atoms with Crippen LogP contribution in [0.2, 0.25) is 0 Å². The van der Waals surface area contributed by atoms with Gasteiger partial charge in [-0.15, -0.1) is 0 Å². The van der Waals surface area contributed by atoms with Crippen LogP contribution in [0.4, 0.5) is 0 Å². The van der Waals surface area contributed by atoms with Crippen LogP contribution in [-0.2, 0) is 10.8 Å². The van der Waals surface area contributed by atoms with E-state index in [4.69, 9.17) is 0 Å². The van der Waals surface area contributed by atoms with Gasteiger partial charge in [-0.3, -0.25) is 0 Å². The molecule has 0 bridgehead atoms. The Balaban J connectivity index is 1.53. The summed E-state index contributed by atoms with van der Waals surface area (Å²) in [4.78, 5) is 0. The lowest BCUT2D eigenvalue weighted by molar-refractivity contribution is 0.435. The predicted octanol–water partition coefficient (Wildman–Crippen LogP) is 12.5. The normalized spacial score (nSPS) is 15.4. The molecule has 4 aromatic carbocycles. The number of hydrogen-bond donors (Lipinski definition) is 0. The van der Waals surface area contributed by atoms with E-state index in [0.29, 0.717) is 0 Å². The first-order valence-corrected chi connectivity index (χ1v) is 17.2. The van der Waals surface area contributed by atoms with E-state index in [1.54, 1.807) is 11.1 Å². The molecule has 0 saturated heterocycles. The summed E-state index contributed by atoms with van der Waals surface area (Å²) in [6.45, 7) is 9.39. The number of hydrogen-bond acceptors (Lipinski definition) is 0. The van der Waals surface area contributed by atoms with Crippen molar-refractivity contribution in [2.75, 3.05) is 0 Å². The van der Waals surface area contributed by atoms with Gasteiger partial charge in [0.25, 0.3) is 0 Å². The van der Waals surface area contributed by atoms with Crippen LogP contribution in [0.5, 0.6) is 0 Å². The Morgan fingerprint density at radius 1 is 0.500 bits per heavy atom. The maximum Gasteiger partial charge on any atom is 0.0215 e. The fraction of sp³-hybridized carbons (Fsp3) is 0.368. The van der Waals surface area contributed by atoms with Gasteiger partial charge in [0.15, 0.2) is 0 Å². The first kappa shape index (κ1) is 28.2. The highest BCUT2D eigenvalue weighted by atomic mass is 127. The van der Waals surface area contributed by atoms with Gasteiger partial charge in [-0.2, -0.15) is 0 Å². The monoisotopic (exact) mass is 702 g/mol. The van der Waals surface area contributed by atoms with Crippen LogP contribution in [0.25, 0.3) is 33.4 Å². The second kappa shape index (κ2) is 11.1. The minimum Gasteiger partial charge on any atom is -0.0653 e. The lowest BCUT2D eigenvalue weighted by atomic mass is 9.70. The van der Waals surface area contributed by atoms with Crippen molar-refractivity contribution in [3.8, 4) is 33.4 Å². The Bertz CT molecular complexity index is 1450. The van der Waals surface area contributed by atoms with Crippen LogP contribution in [0.3, 0.4) is 0 Å². The fourth-order valence-corrected chi connectivity index (χ4v) is 9.18. The first-order chi connectivity index (χ1) is 19.4. The first-order valence-electron chi connectivity index (χ1n) is 15.3. The van der Waals surface area contributed by atoms with Crippen molar-refractivity contribution < 1.29 is 0 Å². The summed E-state index contributed by atoms with van der Waals surface area (Å²) in [5.74, 6) is 0. The molecule has 0 aliphatic heterocycles. The van der Waals surface area contributed by atoms with Gasteiger partial charge in [0.1, 0.15) is 0 Å². The summed E-state index contributed by atoms with van der Waals surface area (Å²) in [5.41, 5.74) is 14.8. The summed E-state index contributed by atoms with van der Waals surface area (Å²) in [6, 6.07) is 28.8. The van der Waals surface area contributed by atoms with Gasteiger partial charge in [-0.05, 0) is 140 Å². The van der Waals surface area contributed by atoms with Gasteiger partial charge >= 0.3 is 0 Å². The third-order valence-electron chi connectivity index (χ3n) is 9.69. The molecule has 2 heteroatoms. The third kappa shape index (κ3) is 4.26. The molecule has 6 rings (SSSR count). The number of fused-ring (bicyclic) bond motifs is 6. The standard InChI is InChI=1S/C38H40BrI/c1-5-17-37(18-6-2)33-21-25(9-13-29(33)31-15-11-27(39)23-35(31)37)26-10-14-30-32-16-12-28(40)24-36(32)38(19-7-3,20-8-4)34(30)22-26/h9-16,21-24H,5-8,17-20H2,1-4H3. The third-order valence-corrected chi connectivity index (χ3v) is 10.8. The number of halogens is 2. The summed E-state index contributed by atoms with van der Waals surface area (Å²) in [6.07, 6.45) is 9.54. The zero-order valence-electron chi connectivity index (χ0n) is 24.3. The molecule has 40 heavy (non-hydrogen) atoms. The molecule has 0 fully saturated rings. The van der Waals surface area contributed by atoms with Crippen LogP contribution in [0, 0.1) is 3.57 Å². The largest absolute Gasteiger partial charge is 0.0653 e. The highest BCUT2D eigenvalue weighted by Crippen LogP contribution is 2.57. The van der Waals surface area contributed by atoms with Gasteiger partial charge in [0, 0.05) is 18.9 Å². The number of rotatable bonds is 9. The topological polar surface area (TPSA) is 0 Å². The lowest BCUT2D eigenvalue weighted by Crippen LogP contribution is -2.25. The van der Waals surface area contributed by atoms with E-state index in [1.807, 2.05) is 0 Å². The van der Waals surface area contributed by atoms with Crippen molar-refractivity contribution >= 4 is 38.5 Å². The van der Waals surface area contributed by atoms with Crippen molar-refractivity contribution in [3.05, 3.63) is 103 Å². The van der Waals surface area contributed by atoms with E-state index >= 15 is 0 Å². The van der Waals surface area contributed by atoms with Crippen molar-refractivity contribution in [1.82, 2.24) is 0 Å². The van der Waals surface area contributed by atoms with Crippen molar-refractivity contribution in [2.45, 2.75) is 89.9 Å². The molecule has 0 unspecified atom stereocenters. The average Bonchev–Trinajstić information content (AvgIpc) is 3.36. The van der Waals surface area contributed by atoms with E-state index in [0.717, 1.165) is 0 Å². The zero-order valence-corrected chi connectivity index (χ0v) is 28.1. The molecule has 0 N–H and O–H groups in total. The van der Waals surface area contributed by atoms with E-state index in [2.05, 4.69) is 139 Å².